The third-order valence-electron chi connectivity index (χ3n) is 1.84. The maximum Gasteiger partial charge on any atom is 0.0647 e. The van der Waals surface area contributed by atoms with Crippen molar-refractivity contribution in [3.63, 3.8) is 0 Å². The summed E-state index contributed by atoms with van der Waals surface area (Å²) in [5, 5.41) is 0.679. The lowest BCUT2D eigenvalue weighted by Crippen LogP contribution is -1.90. The summed E-state index contributed by atoms with van der Waals surface area (Å²) < 4.78 is 0. The van der Waals surface area contributed by atoms with Crippen LogP contribution >= 0.6 is 23.4 Å². The number of hydrogen-bond acceptors (Lipinski definition) is 2. The maximum atomic E-state index is 5.85. The predicted octanol–water partition coefficient (Wildman–Crippen LogP) is 2.57. The van der Waals surface area contributed by atoms with Crippen LogP contribution in [-0.4, -0.2) is 5.75 Å². The number of nitrogens with two attached hydrogens (primary N) is 1. The van der Waals surface area contributed by atoms with Crippen LogP contribution in [0.1, 0.15) is 5.56 Å². The van der Waals surface area contributed by atoms with Crippen molar-refractivity contribution in [2.45, 2.75) is 11.3 Å². The van der Waals surface area contributed by atoms with E-state index in [1.165, 1.54) is 10.5 Å². The van der Waals surface area contributed by atoms with Gasteiger partial charge in [0.25, 0.3) is 0 Å². The lowest BCUT2D eigenvalue weighted by molar-refractivity contribution is 1.15. The van der Waals surface area contributed by atoms with Crippen LogP contribution in [0.5, 0.6) is 0 Å². The van der Waals surface area contributed by atoms with Crippen LogP contribution < -0.4 is 5.73 Å². The second-order valence-electron chi connectivity index (χ2n) is 2.55. The van der Waals surface area contributed by atoms with Crippen molar-refractivity contribution in [2.75, 3.05) is 11.5 Å². The average Bonchev–Trinajstić information content (AvgIpc) is 2.45. The van der Waals surface area contributed by atoms with E-state index in [1.807, 2.05) is 6.07 Å². The van der Waals surface area contributed by atoms with Gasteiger partial charge in [-0.2, -0.15) is 0 Å². The van der Waals surface area contributed by atoms with Gasteiger partial charge >= 0.3 is 0 Å². The molecule has 0 amide bonds. The van der Waals surface area contributed by atoms with E-state index < -0.39 is 0 Å². The third kappa shape index (κ3) is 1.10. The number of benzene rings is 1. The van der Waals surface area contributed by atoms with E-state index in [0.29, 0.717) is 5.02 Å². The fourth-order valence-corrected chi connectivity index (χ4v) is 2.61. The molecule has 2 N–H and O–H groups in total. The second kappa shape index (κ2) is 2.61. The van der Waals surface area contributed by atoms with Crippen molar-refractivity contribution >= 4 is 29.1 Å². The van der Waals surface area contributed by atoms with Crippen LogP contribution in [0.3, 0.4) is 0 Å². The first kappa shape index (κ1) is 7.32. The van der Waals surface area contributed by atoms with Gasteiger partial charge < -0.3 is 5.73 Å². The van der Waals surface area contributed by atoms with Crippen LogP contribution in [0, 0.1) is 0 Å². The van der Waals surface area contributed by atoms with Gasteiger partial charge in [0.2, 0.25) is 0 Å². The molecule has 1 nitrogen and oxygen atoms in total. The fourth-order valence-electron chi connectivity index (χ4n) is 1.25. The molecule has 0 radical (unpaired) electrons. The molecule has 0 aliphatic carbocycles. The van der Waals surface area contributed by atoms with Crippen LogP contribution in [-0.2, 0) is 6.42 Å². The molecule has 0 atom stereocenters. The number of rotatable bonds is 0. The Morgan fingerprint density at radius 1 is 1.45 bits per heavy atom. The Kier molecular flexibility index (Phi) is 1.74. The smallest absolute Gasteiger partial charge is 0.0647 e. The molecule has 1 aromatic rings. The standard InChI is InChI=1S/C8H8ClNS/c9-6-2-1-5-3-4-11-8(5)7(6)10/h1-2H,3-4,10H2. The molecular weight excluding hydrogens is 178 g/mol. The summed E-state index contributed by atoms with van der Waals surface area (Å²) in [6.07, 6.45) is 1.13. The van der Waals surface area contributed by atoms with E-state index >= 15 is 0 Å². The van der Waals surface area contributed by atoms with Crippen LogP contribution in [0.4, 0.5) is 5.69 Å². The van der Waals surface area contributed by atoms with Crippen molar-refractivity contribution < 1.29 is 0 Å². The molecular formula is C8H8ClNS. The van der Waals surface area contributed by atoms with Gasteiger partial charge in [-0.25, -0.2) is 0 Å². The van der Waals surface area contributed by atoms with Gasteiger partial charge in [-0.15, -0.1) is 11.8 Å². The number of halogens is 1. The first-order valence-corrected chi connectivity index (χ1v) is 4.85. The highest BCUT2D eigenvalue weighted by Gasteiger charge is 2.15. The van der Waals surface area contributed by atoms with Crippen molar-refractivity contribution in [3.05, 3.63) is 22.7 Å². The second-order valence-corrected chi connectivity index (χ2v) is 4.06. The largest absolute Gasteiger partial charge is 0.397 e. The molecule has 0 unspecified atom stereocenters. The minimum atomic E-state index is 0.679. The van der Waals surface area contributed by atoms with E-state index in [0.717, 1.165) is 17.9 Å². The van der Waals surface area contributed by atoms with Crippen LogP contribution in [0.2, 0.25) is 5.02 Å². The molecule has 1 aliphatic rings. The lowest BCUT2D eigenvalue weighted by Gasteiger charge is -2.03. The summed E-state index contributed by atoms with van der Waals surface area (Å²) >= 11 is 7.65. The van der Waals surface area contributed by atoms with Crippen LogP contribution in [0.15, 0.2) is 17.0 Å². The van der Waals surface area contributed by atoms with Gasteiger partial charge in [0.05, 0.1) is 10.7 Å². The fraction of sp³-hybridized carbons (Fsp3) is 0.250. The number of nitrogen functional groups attached to an aromatic ring is 1. The molecule has 1 heterocycles. The van der Waals surface area contributed by atoms with Gasteiger partial charge in [0.15, 0.2) is 0 Å². The summed E-state index contributed by atoms with van der Waals surface area (Å²) in [7, 11) is 0. The first-order chi connectivity index (χ1) is 5.29. The Morgan fingerprint density at radius 3 is 3.09 bits per heavy atom. The zero-order chi connectivity index (χ0) is 7.84. The molecule has 2 rings (SSSR count). The number of thioether (sulfide) groups is 1. The average molecular weight is 186 g/mol. The van der Waals surface area contributed by atoms with Gasteiger partial charge in [-0.3, -0.25) is 0 Å². The molecule has 1 aromatic carbocycles. The number of hydrogen-bond donors (Lipinski definition) is 1. The highest BCUT2D eigenvalue weighted by molar-refractivity contribution is 7.99. The highest BCUT2D eigenvalue weighted by Crippen LogP contribution is 2.39. The van der Waals surface area contributed by atoms with Crippen LogP contribution in [0.25, 0.3) is 0 Å². The number of aryl methyl sites for hydroxylation is 1. The summed E-state index contributed by atoms with van der Waals surface area (Å²) in [6.45, 7) is 0. The molecule has 0 fully saturated rings. The topological polar surface area (TPSA) is 26.0 Å². The zero-order valence-corrected chi connectivity index (χ0v) is 7.50. The van der Waals surface area contributed by atoms with Gasteiger partial charge in [-0.05, 0) is 18.1 Å². The molecule has 0 bridgehead atoms. The molecule has 1 aliphatic heterocycles. The Balaban J connectivity index is 2.62. The van der Waals surface area contributed by atoms with E-state index in [2.05, 4.69) is 6.07 Å². The summed E-state index contributed by atoms with van der Waals surface area (Å²) in [4.78, 5) is 1.19. The number of anilines is 1. The predicted molar refractivity (Wildman–Crippen MR) is 50.3 cm³/mol. The summed E-state index contributed by atoms with van der Waals surface area (Å²) in [5.41, 5.74) is 7.88. The van der Waals surface area contributed by atoms with E-state index in [-0.39, 0.29) is 0 Å². The molecule has 0 aromatic heterocycles. The third-order valence-corrected chi connectivity index (χ3v) is 3.35. The summed E-state index contributed by atoms with van der Waals surface area (Å²) in [5.74, 6) is 1.14. The van der Waals surface area contributed by atoms with Crippen molar-refractivity contribution in [3.8, 4) is 0 Å². The lowest BCUT2D eigenvalue weighted by atomic mass is 10.1. The van der Waals surface area contributed by atoms with Crippen molar-refractivity contribution in [1.29, 1.82) is 0 Å². The van der Waals surface area contributed by atoms with E-state index in [1.54, 1.807) is 11.8 Å². The highest BCUT2D eigenvalue weighted by atomic mass is 35.5. The monoisotopic (exact) mass is 185 g/mol. The van der Waals surface area contributed by atoms with E-state index in [9.17, 15) is 0 Å². The quantitative estimate of drug-likeness (QED) is 0.629. The molecule has 11 heavy (non-hydrogen) atoms. The Morgan fingerprint density at radius 2 is 2.27 bits per heavy atom. The Bertz CT molecular complexity index is 298. The SMILES string of the molecule is Nc1c(Cl)ccc2c1SCC2. The van der Waals surface area contributed by atoms with Crippen molar-refractivity contribution in [1.82, 2.24) is 0 Å². The Hall–Kier alpha value is -0.340. The van der Waals surface area contributed by atoms with Gasteiger partial charge in [0.1, 0.15) is 0 Å². The normalized spacial score (nSPS) is 15.0. The first-order valence-electron chi connectivity index (χ1n) is 3.48. The number of fused-ring (bicyclic) bond motifs is 1. The van der Waals surface area contributed by atoms with Gasteiger partial charge in [0, 0.05) is 10.6 Å². The Labute approximate surface area is 74.9 Å². The molecule has 0 saturated carbocycles. The summed E-state index contributed by atoms with van der Waals surface area (Å²) in [6, 6.07) is 3.94. The van der Waals surface area contributed by atoms with E-state index in [4.69, 9.17) is 17.3 Å². The molecule has 58 valence electrons. The molecule has 0 saturated heterocycles. The van der Waals surface area contributed by atoms with Gasteiger partial charge in [-0.1, -0.05) is 17.7 Å². The minimum absolute atomic E-state index is 0.679. The molecule has 3 heteroatoms. The minimum Gasteiger partial charge on any atom is -0.397 e. The zero-order valence-electron chi connectivity index (χ0n) is 5.93. The van der Waals surface area contributed by atoms with Crippen molar-refractivity contribution in [2.24, 2.45) is 0 Å². The molecule has 0 spiro atoms. The maximum absolute atomic E-state index is 5.85.